The van der Waals surface area contributed by atoms with Crippen molar-refractivity contribution in [2.24, 2.45) is 0 Å². The van der Waals surface area contributed by atoms with Crippen LogP contribution in [0.3, 0.4) is 0 Å². The van der Waals surface area contributed by atoms with Gasteiger partial charge in [0.15, 0.2) is 11.5 Å². The number of nitro groups is 1. The monoisotopic (exact) mass is 280 g/mol. The molecule has 0 amide bonds. The Morgan fingerprint density at radius 3 is 2.80 bits per heavy atom. The van der Waals surface area contributed by atoms with Crippen molar-refractivity contribution in [3.63, 3.8) is 0 Å². The molecule has 1 aromatic rings. The van der Waals surface area contributed by atoms with E-state index in [0.29, 0.717) is 23.8 Å². The van der Waals surface area contributed by atoms with E-state index in [9.17, 15) is 10.1 Å². The van der Waals surface area contributed by atoms with Crippen molar-refractivity contribution < 1.29 is 19.1 Å². The number of ether oxygens (including phenoxy) is 3. The summed E-state index contributed by atoms with van der Waals surface area (Å²) in [6.45, 7) is 1.53. The summed E-state index contributed by atoms with van der Waals surface area (Å²) in [5.41, 5.74) is 0.491. The lowest BCUT2D eigenvalue weighted by Gasteiger charge is -2.17. The Bertz CT molecular complexity index is 512. The number of nitrogens with zero attached hydrogens (tertiary/aromatic N) is 1. The third-order valence-electron chi connectivity index (χ3n) is 3.50. The average Bonchev–Trinajstić information content (AvgIpc) is 2.73. The molecule has 0 aliphatic carbocycles. The maximum Gasteiger partial charge on any atom is 0.296 e. The first-order chi connectivity index (χ1) is 9.74. The van der Waals surface area contributed by atoms with E-state index >= 15 is 0 Å². The zero-order valence-corrected chi connectivity index (χ0v) is 11.0. The number of nitro benzene ring substituents is 1. The first-order valence-electron chi connectivity index (χ1n) is 6.66. The van der Waals surface area contributed by atoms with Crippen LogP contribution < -0.4 is 14.8 Å². The predicted molar refractivity (Wildman–Crippen MR) is 71.3 cm³/mol. The maximum absolute atomic E-state index is 11.2. The molecule has 2 aliphatic rings. The highest BCUT2D eigenvalue weighted by molar-refractivity contribution is 5.69. The normalized spacial score (nSPS) is 21.3. The van der Waals surface area contributed by atoms with Crippen LogP contribution in [0, 0.1) is 10.1 Å². The van der Waals surface area contributed by atoms with Gasteiger partial charge in [0, 0.05) is 25.3 Å². The highest BCUT2D eigenvalue weighted by atomic mass is 16.7. The number of hydrogen-bond acceptors (Lipinski definition) is 6. The van der Waals surface area contributed by atoms with Gasteiger partial charge in [0.1, 0.15) is 5.69 Å². The predicted octanol–water partition coefficient (Wildman–Crippen LogP) is 2.30. The Labute approximate surface area is 116 Å². The fraction of sp³-hybridized carbons (Fsp3) is 0.538. The Morgan fingerprint density at radius 2 is 2.00 bits per heavy atom. The van der Waals surface area contributed by atoms with E-state index in [0.717, 1.165) is 25.9 Å². The second kappa shape index (κ2) is 5.54. The van der Waals surface area contributed by atoms with Crippen LogP contribution in [0.2, 0.25) is 0 Å². The zero-order chi connectivity index (χ0) is 13.9. The zero-order valence-electron chi connectivity index (χ0n) is 11.0. The van der Waals surface area contributed by atoms with E-state index in [1.807, 2.05) is 0 Å². The van der Waals surface area contributed by atoms with Gasteiger partial charge >= 0.3 is 0 Å². The van der Waals surface area contributed by atoms with Gasteiger partial charge in [-0.2, -0.15) is 0 Å². The fourth-order valence-electron chi connectivity index (χ4n) is 2.47. The molecule has 108 valence electrons. The molecule has 1 aromatic carbocycles. The lowest BCUT2D eigenvalue weighted by molar-refractivity contribution is -0.384. The van der Waals surface area contributed by atoms with Crippen LogP contribution in [0.25, 0.3) is 0 Å². The van der Waals surface area contributed by atoms with Crippen LogP contribution in [0.4, 0.5) is 11.4 Å². The van der Waals surface area contributed by atoms with E-state index in [-0.39, 0.29) is 18.5 Å². The van der Waals surface area contributed by atoms with Crippen molar-refractivity contribution in [1.82, 2.24) is 0 Å². The van der Waals surface area contributed by atoms with Gasteiger partial charge in [-0.3, -0.25) is 10.1 Å². The SMILES string of the molecule is O=[N+]([O-])c1cc2c(cc1NC1CCCOCC1)OCO2. The molecule has 1 unspecified atom stereocenters. The Balaban J connectivity index is 1.85. The molecule has 2 heterocycles. The second-order valence-electron chi connectivity index (χ2n) is 4.86. The average molecular weight is 280 g/mol. The van der Waals surface area contributed by atoms with E-state index in [4.69, 9.17) is 14.2 Å². The molecule has 0 spiro atoms. The van der Waals surface area contributed by atoms with Gasteiger partial charge < -0.3 is 19.5 Å². The van der Waals surface area contributed by atoms with Crippen molar-refractivity contribution in [3.8, 4) is 11.5 Å². The minimum absolute atomic E-state index is 0.0133. The lowest BCUT2D eigenvalue weighted by atomic mass is 10.1. The summed E-state index contributed by atoms with van der Waals surface area (Å²) in [5.74, 6) is 0.967. The summed E-state index contributed by atoms with van der Waals surface area (Å²) in [6.07, 6.45) is 2.73. The highest BCUT2D eigenvalue weighted by Gasteiger charge is 2.25. The van der Waals surface area contributed by atoms with Gasteiger partial charge in [-0.1, -0.05) is 0 Å². The number of fused-ring (bicyclic) bond motifs is 1. The van der Waals surface area contributed by atoms with Crippen LogP contribution in [-0.4, -0.2) is 31.0 Å². The third-order valence-corrected chi connectivity index (χ3v) is 3.50. The van der Waals surface area contributed by atoms with Crippen LogP contribution in [0.1, 0.15) is 19.3 Å². The number of rotatable bonds is 3. The summed E-state index contributed by atoms with van der Waals surface area (Å²) in [5, 5.41) is 14.4. The molecule has 7 nitrogen and oxygen atoms in total. The van der Waals surface area contributed by atoms with Crippen molar-refractivity contribution in [2.45, 2.75) is 25.3 Å². The summed E-state index contributed by atoms with van der Waals surface area (Å²) in [6, 6.07) is 3.24. The highest BCUT2D eigenvalue weighted by Crippen LogP contribution is 2.41. The molecule has 1 N–H and O–H groups in total. The number of nitrogens with one attached hydrogen (secondary N) is 1. The number of benzene rings is 1. The molecular formula is C13H16N2O5. The van der Waals surface area contributed by atoms with E-state index in [1.165, 1.54) is 6.07 Å². The first kappa shape index (κ1) is 13.0. The summed E-state index contributed by atoms with van der Waals surface area (Å²) in [4.78, 5) is 10.8. The van der Waals surface area contributed by atoms with Crippen LogP contribution in [0.15, 0.2) is 12.1 Å². The molecule has 2 aliphatic heterocycles. The summed E-state index contributed by atoms with van der Waals surface area (Å²) in [7, 11) is 0. The smallest absolute Gasteiger partial charge is 0.296 e. The van der Waals surface area contributed by atoms with Crippen molar-refractivity contribution in [2.75, 3.05) is 25.3 Å². The second-order valence-corrected chi connectivity index (χ2v) is 4.86. The largest absolute Gasteiger partial charge is 0.454 e. The first-order valence-corrected chi connectivity index (χ1v) is 6.66. The van der Waals surface area contributed by atoms with Gasteiger partial charge in [-0.15, -0.1) is 0 Å². The topological polar surface area (TPSA) is 82.9 Å². The van der Waals surface area contributed by atoms with Gasteiger partial charge in [0.05, 0.1) is 11.0 Å². The van der Waals surface area contributed by atoms with Crippen molar-refractivity contribution in [3.05, 3.63) is 22.2 Å². The van der Waals surface area contributed by atoms with Gasteiger partial charge in [-0.05, 0) is 19.3 Å². The summed E-state index contributed by atoms with van der Waals surface area (Å²) >= 11 is 0. The van der Waals surface area contributed by atoms with Crippen molar-refractivity contribution in [1.29, 1.82) is 0 Å². The van der Waals surface area contributed by atoms with Gasteiger partial charge in [0.25, 0.3) is 5.69 Å². The third kappa shape index (κ3) is 2.62. The molecule has 1 saturated heterocycles. The molecule has 3 rings (SSSR count). The van der Waals surface area contributed by atoms with Gasteiger partial charge in [-0.25, -0.2) is 0 Å². The lowest BCUT2D eigenvalue weighted by Crippen LogP contribution is -2.20. The molecule has 1 atom stereocenters. The molecule has 1 fully saturated rings. The maximum atomic E-state index is 11.2. The Kier molecular flexibility index (Phi) is 3.60. The molecule has 20 heavy (non-hydrogen) atoms. The number of anilines is 1. The fourth-order valence-corrected chi connectivity index (χ4v) is 2.47. The molecule has 7 heteroatoms. The van der Waals surface area contributed by atoms with E-state index < -0.39 is 4.92 Å². The summed E-state index contributed by atoms with van der Waals surface area (Å²) < 4.78 is 15.9. The Morgan fingerprint density at radius 1 is 1.20 bits per heavy atom. The molecule has 0 aromatic heterocycles. The molecule has 0 bridgehead atoms. The molecule has 0 radical (unpaired) electrons. The van der Waals surface area contributed by atoms with Crippen LogP contribution in [0.5, 0.6) is 11.5 Å². The molecular weight excluding hydrogens is 264 g/mol. The minimum Gasteiger partial charge on any atom is -0.454 e. The van der Waals surface area contributed by atoms with Crippen LogP contribution >= 0.6 is 0 Å². The molecule has 0 saturated carbocycles. The Hall–Kier alpha value is -2.02. The standard InChI is InChI=1S/C13H16N2O5/c16-15(17)11-7-13-12(19-8-20-13)6-10(11)14-9-2-1-4-18-5-3-9/h6-7,9,14H,1-5,8H2. The van der Waals surface area contributed by atoms with E-state index in [1.54, 1.807) is 6.07 Å². The van der Waals surface area contributed by atoms with Crippen molar-refractivity contribution >= 4 is 11.4 Å². The number of hydrogen-bond donors (Lipinski definition) is 1. The minimum atomic E-state index is -0.405. The quantitative estimate of drug-likeness (QED) is 0.675. The van der Waals surface area contributed by atoms with E-state index in [2.05, 4.69) is 5.32 Å². The van der Waals surface area contributed by atoms with Crippen LogP contribution in [-0.2, 0) is 4.74 Å². The van der Waals surface area contributed by atoms with Gasteiger partial charge in [0.2, 0.25) is 6.79 Å².